The highest BCUT2D eigenvalue weighted by Gasteiger charge is 2.36. The number of carbonyl (C=O) groups excluding carboxylic acids is 2. The van der Waals surface area contributed by atoms with Gasteiger partial charge in [0, 0.05) is 30.9 Å². The van der Waals surface area contributed by atoms with Crippen molar-refractivity contribution in [3.63, 3.8) is 0 Å². The van der Waals surface area contributed by atoms with Gasteiger partial charge in [-0.3, -0.25) is 9.59 Å². The summed E-state index contributed by atoms with van der Waals surface area (Å²) in [4.78, 5) is 26.7. The van der Waals surface area contributed by atoms with Gasteiger partial charge >= 0.3 is 0 Å². The normalized spacial score (nSPS) is 12.8. The lowest BCUT2D eigenvalue weighted by Gasteiger charge is -2.28. The van der Waals surface area contributed by atoms with Crippen molar-refractivity contribution in [3.05, 3.63) is 52.1 Å². The summed E-state index contributed by atoms with van der Waals surface area (Å²) in [6.45, 7) is 9.16. The molecule has 0 heterocycles. The van der Waals surface area contributed by atoms with Crippen LogP contribution in [0.25, 0.3) is 0 Å². The standard InChI is InChI=1S/C42H65O5P/c1-5-8-11-14-17-20-25-48(26-21-18-15-12-9-6-2,27-22-19-16-13-10-7-3)28-23-24-47-34-31-36-40(38(44)32-34)42(46)39-35(41(36)45)29-33(4)30-37(39)43/h29-32H,5-28H2,1-4H3,(H-,43,44,46)/p+1. The van der Waals surface area contributed by atoms with E-state index in [0.29, 0.717) is 17.9 Å². The van der Waals surface area contributed by atoms with Crippen LogP contribution >= 0.6 is 7.26 Å². The molecule has 0 aromatic heterocycles. The van der Waals surface area contributed by atoms with E-state index in [0.717, 1.165) is 6.42 Å². The maximum absolute atomic E-state index is 13.4. The first-order valence-electron chi connectivity index (χ1n) is 19.5. The predicted molar refractivity (Wildman–Crippen MR) is 204 cm³/mol. The van der Waals surface area contributed by atoms with Crippen LogP contribution in [0.3, 0.4) is 0 Å². The number of phenols is 2. The van der Waals surface area contributed by atoms with Gasteiger partial charge in [-0.2, -0.15) is 0 Å². The van der Waals surface area contributed by atoms with E-state index in [1.165, 1.54) is 152 Å². The monoisotopic (exact) mass is 681 g/mol. The van der Waals surface area contributed by atoms with Crippen LogP contribution in [0.15, 0.2) is 24.3 Å². The van der Waals surface area contributed by atoms with Gasteiger partial charge in [0.05, 0.1) is 42.4 Å². The summed E-state index contributed by atoms with van der Waals surface area (Å²) < 4.78 is 6.22. The second kappa shape index (κ2) is 21.6. The van der Waals surface area contributed by atoms with Crippen LogP contribution in [-0.4, -0.2) is 53.0 Å². The molecule has 0 atom stereocenters. The first-order valence-corrected chi connectivity index (χ1v) is 22.1. The Kier molecular flexibility index (Phi) is 18.1. The molecule has 48 heavy (non-hydrogen) atoms. The minimum absolute atomic E-state index is 0.0385. The summed E-state index contributed by atoms with van der Waals surface area (Å²) in [6, 6.07) is 6.15. The Bertz CT molecular complexity index is 1240. The van der Waals surface area contributed by atoms with Gasteiger partial charge in [0.1, 0.15) is 17.2 Å². The Morgan fingerprint density at radius 3 is 1.44 bits per heavy atom. The molecular weight excluding hydrogens is 615 g/mol. The van der Waals surface area contributed by atoms with E-state index >= 15 is 0 Å². The van der Waals surface area contributed by atoms with Crippen molar-refractivity contribution in [1.82, 2.24) is 0 Å². The zero-order valence-electron chi connectivity index (χ0n) is 30.8. The first kappa shape index (κ1) is 40.0. The van der Waals surface area contributed by atoms with Crippen molar-refractivity contribution in [3.8, 4) is 17.2 Å². The molecule has 1 aliphatic rings. The van der Waals surface area contributed by atoms with Gasteiger partial charge in [0.2, 0.25) is 5.78 Å². The Hall–Kier alpha value is -2.39. The Morgan fingerprint density at radius 1 is 0.521 bits per heavy atom. The number of fused-ring (bicyclic) bond motifs is 2. The number of unbranched alkanes of at least 4 members (excludes halogenated alkanes) is 15. The second-order valence-electron chi connectivity index (χ2n) is 14.5. The fraction of sp³-hybridized carbons (Fsp3) is 0.667. The zero-order chi connectivity index (χ0) is 34.8. The Balaban J connectivity index is 1.69. The highest BCUT2D eigenvalue weighted by Crippen LogP contribution is 2.61. The average molecular weight is 682 g/mol. The third-order valence-electron chi connectivity index (χ3n) is 10.3. The van der Waals surface area contributed by atoms with Gasteiger partial charge in [0.15, 0.2) is 5.78 Å². The highest BCUT2D eigenvalue weighted by atomic mass is 31.2. The molecule has 0 saturated heterocycles. The molecule has 268 valence electrons. The van der Waals surface area contributed by atoms with E-state index in [4.69, 9.17) is 4.74 Å². The highest BCUT2D eigenvalue weighted by molar-refractivity contribution is 7.75. The van der Waals surface area contributed by atoms with Gasteiger partial charge in [-0.15, -0.1) is 0 Å². The van der Waals surface area contributed by atoms with Crippen LogP contribution in [0.2, 0.25) is 0 Å². The molecule has 2 aromatic carbocycles. The molecule has 0 fully saturated rings. The molecule has 2 N–H and O–H groups in total. The molecule has 5 nitrogen and oxygen atoms in total. The average Bonchev–Trinajstić information content (AvgIpc) is 3.06. The van der Waals surface area contributed by atoms with Crippen LogP contribution in [0.4, 0.5) is 0 Å². The van der Waals surface area contributed by atoms with Crippen molar-refractivity contribution >= 4 is 18.8 Å². The van der Waals surface area contributed by atoms with Gasteiger partial charge in [-0.25, -0.2) is 0 Å². The fourth-order valence-corrected chi connectivity index (χ4v) is 12.3. The van der Waals surface area contributed by atoms with Gasteiger partial charge in [-0.1, -0.05) is 97.8 Å². The first-order chi connectivity index (χ1) is 23.3. The minimum Gasteiger partial charge on any atom is -0.507 e. The SMILES string of the molecule is CCCCCCCC[P+](CCCCCCCC)(CCCCCCCC)CCCOc1cc(O)c2c(c1)C(=O)c1cc(C)cc(O)c1C2=O. The molecule has 1 aliphatic carbocycles. The number of rotatable bonds is 26. The lowest BCUT2D eigenvalue weighted by Crippen LogP contribution is -2.21. The van der Waals surface area contributed by atoms with Gasteiger partial charge in [0.25, 0.3) is 0 Å². The smallest absolute Gasteiger partial charge is 0.201 e. The molecule has 0 radical (unpaired) electrons. The van der Waals surface area contributed by atoms with Crippen LogP contribution in [0, 0.1) is 6.92 Å². The molecular formula is C42H66O5P+. The summed E-state index contributed by atoms with van der Waals surface area (Å²) in [5.74, 6) is -0.999. The molecule has 0 bridgehead atoms. The maximum Gasteiger partial charge on any atom is 0.201 e. The number of phenolic OH excluding ortho intramolecular Hbond substituents is 2. The van der Waals surface area contributed by atoms with Crippen LogP contribution in [-0.2, 0) is 0 Å². The fourth-order valence-electron chi connectivity index (χ4n) is 7.50. The molecule has 6 heteroatoms. The molecule has 0 unspecified atom stereocenters. The summed E-state index contributed by atoms with van der Waals surface area (Å²) in [6.07, 6.45) is 30.6. The lowest BCUT2D eigenvalue weighted by molar-refractivity contribution is 0.0973. The number of ether oxygens (including phenoxy) is 1. The zero-order valence-corrected chi connectivity index (χ0v) is 31.7. The molecule has 2 aromatic rings. The third-order valence-corrected chi connectivity index (χ3v) is 15.4. The summed E-state index contributed by atoms with van der Waals surface area (Å²) in [7, 11) is -1.13. The summed E-state index contributed by atoms with van der Waals surface area (Å²) in [5.41, 5.74) is 0.921. The Labute approximate surface area is 293 Å². The van der Waals surface area contributed by atoms with Crippen LogP contribution in [0.1, 0.15) is 180 Å². The second-order valence-corrected chi connectivity index (χ2v) is 18.9. The van der Waals surface area contributed by atoms with Crippen molar-refractivity contribution in [1.29, 1.82) is 0 Å². The summed E-state index contributed by atoms with van der Waals surface area (Å²) >= 11 is 0. The maximum atomic E-state index is 13.4. The predicted octanol–water partition coefficient (Wildman–Crippen LogP) is 12.0. The lowest BCUT2D eigenvalue weighted by atomic mass is 9.82. The van der Waals surface area contributed by atoms with E-state index in [9.17, 15) is 19.8 Å². The minimum atomic E-state index is -1.13. The topological polar surface area (TPSA) is 83.8 Å². The number of hydrogen-bond acceptors (Lipinski definition) is 5. The van der Waals surface area contributed by atoms with E-state index < -0.39 is 13.0 Å². The van der Waals surface area contributed by atoms with Gasteiger partial charge < -0.3 is 14.9 Å². The number of carbonyl (C=O) groups is 2. The van der Waals surface area contributed by atoms with Crippen molar-refractivity contribution in [2.24, 2.45) is 0 Å². The molecule has 0 amide bonds. The third kappa shape index (κ3) is 12.2. The Morgan fingerprint density at radius 2 is 0.938 bits per heavy atom. The van der Waals surface area contributed by atoms with Crippen LogP contribution < -0.4 is 4.74 Å². The number of hydrogen-bond donors (Lipinski definition) is 2. The molecule has 0 spiro atoms. The summed E-state index contributed by atoms with van der Waals surface area (Å²) in [5, 5.41) is 21.3. The number of aryl methyl sites for hydroxylation is 1. The number of benzene rings is 2. The molecule has 0 aliphatic heterocycles. The van der Waals surface area contributed by atoms with Crippen molar-refractivity contribution in [2.75, 3.05) is 31.3 Å². The van der Waals surface area contributed by atoms with E-state index in [1.54, 1.807) is 19.1 Å². The number of aromatic hydroxyl groups is 2. The van der Waals surface area contributed by atoms with E-state index in [2.05, 4.69) is 20.8 Å². The number of ketones is 2. The largest absolute Gasteiger partial charge is 0.507 e. The molecule has 0 saturated carbocycles. The van der Waals surface area contributed by atoms with Gasteiger partial charge in [-0.05, 0) is 69.2 Å². The molecule has 3 rings (SSSR count). The van der Waals surface area contributed by atoms with E-state index in [1.807, 2.05) is 0 Å². The van der Waals surface area contributed by atoms with E-state index in [-0.39, 0.29) is 39.5 Å². The van der Waals surface area contributed by atoms with Crippen molar-refractivity contribution < 1.29 is 24.5 Å². The quantitative estimate of drug-likeness (QED) is 0.0651. The van der Waals surface area contributed by atoms with Crippen molar-refractivity contribution in [2.45, 2.75) is 150 Å². The van der Waals surface area contributed by atoms with Crippen LogP contribution in [0.5, 0.6) is 17.2 Å².